The van der Waals surface area contributed by atoms with E-state index in [1.807, 2.05) is 30.3 Å². The second-order valence-electron chi connectivity index (χ2n) is 5.03. The first-order valence-electron chi connectivity index (χ1n) is 6.44. The lowest BCUT2D eigenvalue weighted by Gasteiger charge is -2.16. The molecule has 2 aromatic carbocycles. The van der Waals surface area contributed by atoms with Crippen molar-refractivity contribution in [3.05, 3.63) is 64.1 Å². The van der Waals surface area contributed by atoms with Crippen LogP contribution in [0, 0.1) is 0 Å². The summed E-state index contributed by atoms with van der Waals surface area (Å²) in [6.45, 7) is 0. The lowest BCUT2D eigenvalue weighted by molar-refractivity contribution is -0.118. The minimum Gasteiger partial charge on any atom is -0.325 e. The van der Waals surface area contributed by atoms with Crippen LogP contribution in [0.15, 0.2) is 48.5 Å². The van der Waals surface area contributed by atoms with Gasteiger partial charge in [0.1, 0.15) is 0 Å². The maximum atomic E-state index is 12.5. The molecule has 0 aliphatic heterocycles. The number of anilines is 1. The largest absolute Gasteiger partial charge is 0.325 e. The predicted octanol–water partition coefficient (Wildman–Crippen LogP) is 4.66. The van der Waals surface area contributed by atoms with Gasteiger partial charge in [0.25, 0.3) is 0 Å². The third-order valence-electron chi connectivity index (χ3n) is 3.69. The van der Waals surface area contributed by atoms with Crippen LogP contribution in [0.5, 0.6) is 0 Å². The molecule has 0 unspecified atom stereocenters. The van der Waals surface area contributed by atoms with Gasteiger partial charge in [-0.15, -0.1) is 0 Å². The lowest BCUT2D eigenvalue weighted by Crippen LogP contribution is -2.27. The Bertz CT molecular complexity index is 651. The fourth-order valence-electron chi connectivity index (χ4n) is 2.35. The van der Waals surface area contributed by atoms with Crippen LogP contribution < -0.4 is 5.32 Å². The van der Waals surface area contributed by atoms with Crippen molar-refractivity contribution < 1.29 is 4.79 Å². The highest BCUT2D eigenvalue weighted by molar-refractivity contribution is 6.42. The first-order valence-corrected chi connectivity index (χ1v) is 7.19. The first-order chi connectivity index (χ1) is 9.62. The summed E-state index contributed by atoms with van der Waals surface area (Å²) in [5, 5.41) is 3.85. The summed E-state index contributed by atoms with van der Waals surface area (Å²) < 4.78 is 0. The second kappa shape index (κ2) is 5.12. The Morgan fingerprint density at radius 1 is 1.00 bits per heavy atom. The molecule has 0 spiro atoms. The molecule has 1 amide bonds. The van der Waals surface area contributed by atoms with Crippen molar-refractivity contribution in [3.8, 4) is 0 Å². The molecule has 20 heavy (non-hydrogen) atoms. The minimum absolute atomic E-state index is 0.0158. The van der Waals surface area contributed by atoms with E-state index in [0.717, 1.165) is 18.4 Å². The zero-order chi connectivity index (χ0) is 14.2. The number of benzene rings is 2. The van der Waals surface area contributed by atoms with Gasteiger partial charge in [0.15, 0.2) is 0 Å². The van der Waals surface area contributed by atoms with Gasteiger partial charge in [-0.3, -0.25) is 4.79 Å². The topological polar surface area (TPSA) is 29.1 Å². The van der Waals surface area contributed by atoms with E-state index < -0.39 is 0 Å². The molecule has 1 fully saturated rings. The number of hydrogen-bond donors (Lipinski definition) is 1. The van der Waals surface area contributed by atoms with Gasteiger partial charge < -0.3 is 5.32 Å². The normalized spacial score (nSPS) is 15.7. The van der Waals surface area contributed by atoms with Crippen LogP contribution in [0.1, 0.15) is 18.4 Å². The SMILES string of the molecule is O=C(Nc1ccc(Cl)c(Cl)c1)C1(c2ccccc2)CC1. The summed E-state index contributed by atoms with van der Waals surface area (Å²) in [6, 6.07) is 15.0. The number of carbonyl (C=O) groups excluding carboxylic acids is 1. The molecule has 3 rings (SSSR count). The quantitative estimate of drug-likeness (QED) is 0.877. The molecule has 0 aromatic heterocycles. The Kier molecular flexibility index (Phi) is 3.45. The van der Waals surface area contributed by atoms with Crippen LogP contribution in [-0.4, -0.2) is 5.91 Å². The predicted molar refractivity (Wildman–Crippen MR) is 82.4 cm³/mol. The molecule has 0 atom stereocenters. The van der Waals surface area contributed by atoms with Crippen LogP contribution >= 0.6 is 23.2 Å². The molecule has 0 bridgehead atoms. The molecule has 4 heteroatoms. The molecule has 1 saturated carbocycles. The van der Waals surface area contributed by atoms with Gasteiger partial charge in [0.05, 0.1) is 15.5 Å². The van der Waals surface area contributed by atoms with E-state index in [1.165, 1.54) is 0 Å². The summed E-state index contributed by atoms with van der Waals surface area (Å²) >= 11 is 11.8. The van der Waals surface area contributed by atoms with Crippen molar-refractivity contribution in [1.82, 2.24) is 0 Å². The molecular weight excluding hydrogens is 293 g/mol. The van der Waals surface area contributed by atoms with Crippen LogP contribution in [0.3, 0.4) is 0 Å². The third kappa shape index (κ3) is 2.41. The Morgan fingerprint density at radius 2 is 1.70 bits per heavy atom. The zero-order valence-electron chi connectivity index (χ0n) is 10.7. The molecule has 1 aliphatic rings. The fourth-order valence-corrected chi connectivity index (χ4v) is 2.65. The average Bonchev–Trinajstić information content (AvgIpc) is 3.26. The first kappa shape index (κ1) is 13.5. The van der Waals surface area contributed by atoms with E-state index in [-0.39, 0.29) is 11.3 Å². The van der Waals surface area contributed by atoms with Crippen LogP contribution in [0.4, 0.5) is 5.69 Å². The number of rotatable bonds is 3. The summed E-state index contributed by atoms with van der Waals surface area (Å²) in [5.74, 6) is 0.0158. The average molecular weight is 306 g/mol. The van der Waals surface area contributed by atoms with E-state index in [1.54, 1.807) is 18.2 Å². The van der Waals surface area contributed by atoms with Crippen molar-refractivity contribution in [2.24, 2.45) is 0 Å². The number of halogens is 2. The zero-order valence-corrected chi connectivity index (χ0v) is 12.2. The Labute approximate surface area is 127 Å². The van der Waals surface area contributed by atoms with E-state index in [0.29, 0.717) is 15.7 Å². The van der Waals surface area contributed by atoms with E-state index >= 15 is 0 Å². The van der Waals surface area contributed by atoms with Gasteiger partial charge in [-0.25, -0.2) is 0 Å². The molecule has 1 N–H and O–H groups in total. The van der Waals surface area contributed by atoms with Gasteiger partial charge in [-0.05, 0) is 36.6 Å². The molecule has 2 nitrogen and oxygen atoms in total. The van der Waals surface area contributed by atoms with Crippen molar-refractivity contribution >= 4 is 34.8 Å². The van der Waals surface area contributed by atoms with Gasteiger partial charge in [-0.1, -0.05) is 53.5 Å². The summed E-state index contributed by atoms with van der Waals surface area (Å²) in [7, 11) is 0. The molecule has 1 aliphatic carbocycles. The highest BCUT2D eigenvalue weighted by atomic mass is 35.5. The van der Waals surface area contributed by atoms with Crippen LogP contribution in [-0.2, 0) is 10.2 Å². The summed E-state index contributed by atoms with van der Waals surface area (Å²) in [4.78, 5) is 12.5. The van der Waals surface area contributed by atoms with Gasteiger partial charge in [0, 0.05) is 5.69 Å². The fraction of sp³-hybridized carbons (Fsp3) is 0.188. The van der Waals surface area contributed by atoms with Gasteiger partial charge >= 0.3 is 0 Å². The summed E-state index contributed by atoms with van der Waals surface area (Å²) in [6.07, 6.45) is 1.76. The number of amides is 1. The third-order valence-corrected chi connectivity index (χ3v) is 4.43. The molecule has 0 saturated heterocycles. The number of carbonyl (C=O) groups is 1. The Balaban J connectivity index is 1.81. The van der Waals surface area contributed by atoms with Crippen molar-refractivity contribution in [3.63, 3.8) is 0 Å². The molecular formula is C16H13Cl2NO. The molecule has 2 aromatic rings. The van der Waals surface area contributed by atoms with Crippen LogP contribution in [0.2, 0.25) is 10.0 Å². The highest BCUT2D eigenvalue weighted by Crippen LogP contribution is 2.49. The molecule has 0 radical (unpaired) electrons. The Hall–Kier alpha value is -1.51. The van der Waals surface area contributed by atoms with E-state index in [9.17, 15) is 4.79 Å². The second-order valence-corrected chi connectivity index (χ2v) is 5.85. The smallest absolute Gasteiger partial charge is 0.235 e. The van der Waals surface area contributed by atoms with Crippen molar-refractivity contribution in [1.29, 1.82) is 0 Å². The molecule has 0 heterocycles. The maximum absolute atomic E-state index is 12.5. The Morgan fingerprint density at radius 3 is 2.30 bits per heavy atom. The van der Waals surface area contributed by atoms with Crippen LogP contribution in [0.25, 0.3) is 0 Å². The maximum Gasteiger partial charge on any atom is 0.235 e. The van der Waals surface area contributed by atoms with Gasteiger partial charge in [-0.2, -0.15) is 0 Å². The number of hydrogen-bond acceptors (Lipinski definition) is 1. The highest BCUT2D eigenvalue weighted by Gasteiger charge is 2.51. The monoisotopic (exact) mass is 305 g/mol. The van der Waals surface area contributed by atoms with E-state index in [4.69, 9.17) is 23.2 Å². The molecule has 102 valence electrons. The van der Waals surface area contributed by atoms with E-state index in [2.05, 4.69) is 5.32 Å². The lowest BCUT2D eigenvalue weighted by atomic mass is 9.95. The summed E-state index contributed by atoms with van der Waals surface area (Å²) in [5.41, 5.74) is 1.36. The number of nitrogens with one attached hydrogen (secondary N) is 1. The minimum atomic E-state index is -0.382. The van der Waals surface area contributed by atoms with Crippen molar-refractivity contribution in [2.45, 2.75) is 18.3 Å². The van der Waals surface area contributed by atoms with Gasteiger partial charge in [0.2, 0.25) is 5.91 Å². The standard InChI is InChI=1S/C16H13Cl2NO/c17-13-7-6-12(10-14(13)18)19-15(20)16(8-9-16)11-4-2-1-3-5-11/h1-7,10H,8-9H2,(H,19,20). The van der Waals surface area contributed by atoms with Crippen molar-refractivity contribution in [2.75, 3.05) is 5.32 Å².